The third-order valence-corrected chi connectivity index (χ3v) is 5.20. The van der Waals surface area contributed by atoms with Gasteiger partial charge in [-0.25, -0.2) is 4.57 Å². The number of hydrogen-bond donors (Lipinski definition) is 0. The van der Waals surface area contributed by atoms with E-state index in [1.807, 2.05) is 0 Å². The molecule has 0 atom stereocenters. The van der Waals surface area contributed by atoms with Crippen LogP contribution in [0.2, 0.25) is 0 Å². The second kappa shape index (κ2) is 5.04. The Labute approximate surface area is 143 Å². The van der Waals surface area contributed by atoms with Crippen molar-refractivity contribution < 1.29 is 9.13 Å². The van der Waals surface area contributed by atoms with Crippen molar-refractivity contribution in [2.75, 3.05) is 0 Å². The summed E-state index contributed by atoms with van der Waals surface area (Å²) in [6.45, 7) is 12.1. The summed E-state index contributed by atoms with van der Waals surface area (Å²) in [6.07, 6.45) is 6.63. The standard InChI is InChI=1S/C21H25N3/c1-15-12-16(2)19(17(3)13-15)23-11-10-22-14-18-8-6-7-9-24(18)21(4,5)20(22)23/h6-13H,14H2,1-5H3/q+2. The zero-order valence-electron chi connectivity index (χ0n) is 15.2. The van der Waals surface area contributed by atoms with Crippen LogP contribution in [0.3, 0.4) is 0 Å². The van der Waals surface area contributed by atoms with Gasteiger partial charge in [-0.1, -0.05) is 17.7 Å². The normalized spacial score (nSPS) is 15.0. The number of rotatable bonds is 1. The van der Waals surface area contributed by atoms with E-state index in [0.29, 0.717) is 0 Å². The molecule has 0 spiro atoms. The predicted molar refractivity (Wildman–Crippen MR) is 94.3 cm³/mol. The number of aryl methyl sites for hydroxylation is 3. The Morgan fingerprint density at radius 2 is 1.71 bits per heavy atom. The molecule has 0 aliphatic carbocycles. The van der Waals surface area contributed by atoms with E-state index in [-0.39, 0.29) is 5.54 Å². The van der Waals surface area contributed by atoms with Gasteiger partial charge in [0.1, 0.15) is 18.1 Å². The van der Waals surface area contributed by atoms with Gasteiger partial charge in [0.15, 0.2) is 12.7 Å². The first-order valence-electron chi connectivity index (χ1n) is 8.59. The number of imidazole rings is 1. The maximum absolute atomic E-state index is 2.40. The minimum absolute atomic E-state index is 0.109. The van der Waals surface area contributed by atoms with Crippen LogP contribution in [0.25, 0.3) is 5.69 Å². The average Bonchev–Trinajstić information content (AvgIpc) is 2.91. The van der Waals surface area contributed by atoms with Gasteiger partial charge in [-0.05, 0) is 38.0 Å². The van der Waals surface area contributed by atoms with Crippen molar-refractivity contribution in [1.82, 2.24) is 4.57 Å². The molecular weight excluding hydrogens is 294 g/mol. The van der Waals surface area contributed by atoms with Crippen LogP contribution in [0.4, 0.5) is 0 Å². The van der Waals surface area contributed by atoms with Crippen LogP contribution < -0.4 is 9.13 Å². The monoisotopic (exact) mass is 319 g/mol. The summed E-state index contributed by atoms with van der Waals surface area (Å²) in [6, 6.07) is 11.0. The van der Waals surface area contributed by atoms with Gasteiger partial charge in [0, 0.05) is 26.0 Å². The molecule has 0 saturated carbocycles. The van der Waals surface area contributed by atoms with Crippen LogP contribution in [0, 0.1) is 20.8 Å². The fourth-order valence-electron chi connectivity index (χ4n) is 4.37. The van der Waals surface area contributed by atoms with E-state index in [1.165, 1.54) is 33.9 Å². The van der Waals surface area contributed by atoms with Crippen molar-refractivity contribution >= 4 is 0 Å². The van der Waals surface area contributed by atoms with Crippen LogP contribution in [-0.4, -0.2) is 4.57 Å². The maximum Gasteiger partial charge on any atom is 0.335 e. The smallest absolute Gasteiger partial charge is 0.217 e. The van der Waals surface area contributed by atoms with Crippen molar-refractivity contribution in [2.24, 2.45) is 0 Å². The van der Waals surface area contributed by atoms with Gasteiger partial charge in [0.05, 0.1) is 0 Å². The van der Waals surface area contributed by atoms with E-state index in [9.17, 15) is 0 Å². The number of pyridine rings is 1. The lowest BCUT2D eigenvalue weighted by molar-refractivity contribution is -0.838. The van der Waals surface area contributed by atoms with Crippen LogP contribution in [0.1, 0.15) is 42.1 Å². The Kier molecular flexibility index (Phi) is 3.17. The lowest BCUT2D eigenvalue weighted by Crippen LogP contribution is -2.66. The van der Waals surface area contributed by atoms with Crippen molar-refractivity contribution in [3.63, 3.8) is 0 Å². The molecule has 24 heavy (non-hydrogen) atoms. The van der Waals surface area contributed by atoms with Gasteiger partial charge in [-0.2, -0.15) is 9.13 Å². The molecule has 3 heteroatoms. The summed E-state index contributed by atoms with van der Waals surface area (Å²) in [5.74, 6) is 1.32. The molecule has 0 unspecified atom stereocenters. The van der Waals surface area contributed by atoms with Gasteiger partial charge in [0.2, 0.25) is 5.69 Å². The summed E-state index contributed by atoms with van der Waals surface area (Å²) < 4.78 is 7.17. The maximum atomic E-state index is 2.40. The quantitative estimate of drug-likeness (QED) is 0.611. The Morgan fingerprint density at radius 3 is 2.42 bits per heavy atom. The highest BCUT2D eigenvalue weighted by Gasteiger charge is 2.49. The Hall–Kier alpha value is -2.42. The zero-order valence-corrected chi connectivity index (χ0v) is 15.2. The number of benzene rings is 1. The Balaban J connectivity index is 1.98. The molecule has 0 saturated heterocycles. The summed E-state index contributed by atoms with van der Waals surface area (Å²) in [7, 11) is 0. The molecule has 122 valence electrons. The largest absolute Gasteiger partial charge is 0.335 e. The molecule has 0 fully saturated rings. The summed E-state index contributed by atoms with van der Waals surface area (Å²) in [5, 5.41) is 0. The van der Waals surface area contributed by atoms with Gasteiger partial charge in [-0.15, -0.1) is 0 Å². The van der Waals surface area contributed by atoms with Crippen molar-refractivity contribution in [3.05, 3.63) is 77.1 Å². The van der Waals surface area contributed by atoms with E-state index in [4.69, 9.17) is 0 Å². The van der Waals surface area contributed by atoms with Crippen molar-refractivity contribution in [3.8, 4) is 5.69 Å². The first-order valence-corrected chi connectivity index (χ1v) is 8.59. The second-order valence-corrected chi connectivity index (χ2v) is 7.49. The molecule has 0 N–H and O–H groups in total. The highest BCUT2D eigenvalue weighted by atomic mass is 15.3. The first kappa shape index (κ1) is 15.1. The first-order chi connectivity index (χ1) is 11.4. The number of nitrogens with zero attached hydrogens (tertiary/aromatic N) is 3. The molecule has 1 aromatic carbocycles. The minimum Gasteiger partial charge on any atom is -0.217 e. The van der Waals surface area contributed by atoms with Gasteiger partial charge in [0.25, 0.3) is 5.54 Å². The molecule has 3 nitrogen and oxygen atoms in total. The third-order valence-electron chi connectivity index (χ3n) is 5.20. The van der Waals surface area contributed by atoms with E-state index < -0.39 is 0 Å². The number of fused-ring (bicyclic) bond motifs is 2. The molecule has 3 aromatic rings. The summed E-state index contributed by atoms with van der Waals surface area (Å²) in [5.41, 5.74) is 6.51. The van der Waals surface area contributed by atoms with E-state index in [2.05, 4.69) is 97.2 Å². The average molecular weight is 319 g/mol. The van der Waals surface area contributed by atoms with Gasteiger partial charge in [-0.3, -0.25) is 0 Å². The Morgan fingerprint density at radius 1 is 1.00 bits per heavy atom. The topological polar surface area (TPSA) is 12.7 Å². The van der Waals surface area contributed by atoms with Crippen LogP contribution >= 0.6 is 0 Å². The molecule has 0 radical (unpaired) electrons. The van der Waals surface area contributed by atoms with Crippen molar-refractivity contribution in [1.29, 1.82) is 0 Å². The van der Waals surface area contributed by atoms with Crippen LogP contribution in [0.15, 0.2) is 48.9 Å². The molecule has 1 aliphatic rings. The second-order valence-electron chi connectivity index (χ2n) is 7.49. The SMILES string of the molecule is Cc1cc(C)c(-n2cc[n+]3c2C(C)(C)[n+]2ccccc2C3)c(C)c1. The predicted octanol–water partition coefficient (Wildman–Crippen LogP) is 3.12. The fourth-order valence-corrected chi connectivity index (χ4v) is 4.37. The van der Waals surface area contributed by atoms with Crippen molar-refractivity contribution in [2.45, 2.75) is 46.7 Å². The lowest BCUT2D eigenvalue weighted by atomic mass is 9.98. The van der Waals surface area contributed by atoms with E-state index in [1.54, 1.807) is 0 Å². The zero-order chi connectivity index (χ0) is 17.1. The molecule has 2 aromatic heterocycles. The molecule has 4 rings (SSSR count). The number of aromatic nitrogens is 3. The van der Waals surface area contributed by atoms with E-state index in [0.717, 1.165) is 6.54 Å². The Bertz CT molecular complexity index is 924. The van der Waals surface area contributed by atoms with Crippen LogP contribution in [-0.2, 0) is 12.1 Å². The van der Waals surface area contributed by atoms with E-state index >= 15 is 0 Å². The molecule has 1 aliphatic heterocycles. The van der Waals surface area contributed by atoms with Gasteiger partial charge >= 0.3 is 5.82 Å². The molecule has 0 bridgehead atoms. The van der Waals surface area contributed by atoms with Gasteiger partial charge < -0.3 is 0 Å². The minimum atomic E-state index is -0.109. The fraction of sp³-hybridized carbons (Fsp3) is 0.333. The van der Waals surface area contributed by atoms with Crippen LogP contribution in [0.5, 0.6) is 0 Å². The molecule has 3 heterocycles. The summed E-state index contributed by atoms with van der Waals surface area (Å²) in [4.78, 5) is 0. The third kappa shape index (κ3) is 2.04. The highest BCUT2D eigenvalue weighted by molar-refractivity contribution is 5.50. The highest BCUT2D eigenvalue weighted by Crippen LogP contribution is 2.28. The number of hydrogen-bond acceptors (Lipinski definition) is 0. The molecule has 0 amide bonds. The molecular formula is C21H25N3+2. The lowest BCUT2D eigenvalue weighted by Gasteiger charge is -2.24. The summed E-state index contributed by atoms with van der Waals surface area (Å²) >= 11 is 0.